The minimum Gasteiger partial charge on any atom is -0.478 e. The molecule has 20 heavy (non-hydrogen) atoms. The zero-order valence-electron chi connectivity index (χ0n) is 10.6. The molecule has 0 saturated carbocycles. The van der Waals surface area contributed by atoms with Crippen molar-refractivity contribution >= 4 is 16.0 Å². The fourth-order valence-corrected chi connectivity index (χ4v) is 2.65. The van der Waals surface area contributed by atoms with Crippen LogP contribution in [0.1, 0.15) is 21.7 Å². The normalized spacial score (nSPS) is 11.4. The first-order chi connectivity index (χ1) is 9.40. The summed E-state index contributed by atoms with van der Waals surface area (Å²) in [5.74, 6) is -0.690. The first kappa shape index (κ1) is 14.2. The van der Waals surface area contributed by atoms with E-state index in [4.69, 9.17) is 5.11 Å². The highest BCUT2D eigenvalue weighted by atomic mass is 32.2. The van der Waals surface area contributed by atoms with Gasteiger partial charge in [-0.1, -0.05) is 6.07 Å². The van der Waals surface area contributed by atoms with Crippen molar-refractivity contribution in [1.29, 1.82) is 0 Å². The van der Waals surface area contributed by atoms with Gasteiger partial charge in [0.1, 0.15) is 5.82 Å². The van der Waals surface area contributed by atoms with E-state index in [9.17, 15) is 13.2 Å². The minimum atomic E-state index is -3.78. The van der Waals surface area contributed by atoms with E-state index in [1.165, 1.54) is 18.3 Å². The Morgan fingerprint density at radius 1 is 1.45 bits per heavy atom. The number of sulfonamides is 1. The molecule has 0 atom stereocenters. The lowest BCUT2D eigenvalue weighted by Crippen LogP contribution is -2.24. The van der Waals surface area contributed by atoms with E-state index in [-0.39, 0.29) is 17.0 Å². The van der Waals surface area contributed by atoms with Gasteiger partial charge in [-0.05, 0) is 24.6 Å². The first-order valence-corrected chi connectivity index (χ1v) is 7.20. The number of hydrogen-bond acceptors (Lipinski definition) is 4. The molecule has 8 heteroatoms. The summed E-state index contributed by atoms with van der Waals surface area (Å²) in [5.41, 5.74) is 0.466. The molecule has 0 fully saturated rings. The zero-order chi connectivity index (χ0) is 14.8. The van der Waals surface area contributed by atoms with Gasteiger partial charge in [0.15, 0.2) is 0 Å². The number of carbonyl (C=O) groups is 1. The Bertz CT molecular complexity index is 723. The van der Waals surface area contributed by atoms with Gasteiger partial charge >= 0.3 is 5.97 Å². The number of imidazole rings is 1. The molecule has 2 rings (SSSR count). The summed E-state index contributed by atoms with van der Waals surface area (Å²) in [6.45, 7) is 1.61. The van der Waals surface area contributed by atoms with E-state index in [0.29, 0.717) is 11.4 Å². The van der Waals surface area contributed by atoms with Gasteiger partial charge in [-0.2, -0.15) is 0 Å². The van der Waals surface area contributed by atoms with Crippen LogP contribution in [0.15, 0.2) is 35.5 Å². The van der Waals surface area contributed by atoms with Crippen LogP contribution in [0.2, 0.25) is 0 Å². The quantitative estimate of drug-likeness (QED) is 0.758. The summed E-state index contributed by atoms with van der Waals surface area (Å²) in [4.78, 5) is 17.6. The van der Waals surface area contributed by atoms with Crippen molar-refractivity contribution in [2.45, 2.75) is 18.4 Å². The maximum Gasteiger partial charge on any atom is 0.335 e. The van der Waals surface area contributed by atoms with Crippen LogP contribution < -0.4 is 4.72 Å². The van der Waals surface area contributed by atoms with Gasteiger partial charge in [0.05, 0.1) is 17.0 Å². The fraction of sp³-hybridized carbons (Fsp3) is 0.167. The molecule has 0 saturated heterocycles. The molecule has 1 aromatic carbocycles. The van der Waals surface area contributed by atoms with Gasteiger partial charge in [-0.25, -0.2) is 22.9 Å². The number of nitrogens with zero attached hydrogens (tertiary/aromatic N) is 1. The molecular weight excluding hydrogens is 282 g/mol. The highest BCUT2D eigenvalue weighted by molar-refractivity contribution is 7.89. The highest BCUT2D eigenvalue weighted by Crippen LogP contribution is 2.15. The monoisotopic (exact) mass is 295 g/mol. The third-order valence-electron chi connectivity index (χ3n) is 2.73. The van der Waals surface area contributed by atoms with Crippen molar-refractivity contribution < 1.29 is 18.3 Å². The Kier molecular flexibility index (Phi) is 3.86. The predicted octanol–water partition coefficient (Wildman–Crippen LogP) is 0.895. The second-order valence-electron chi connectivity index (χ2n) is 4.14. The van der Waals surface area contributed by atoms with E-state index in [1.54, 1.807) is 13.1 Å². The Morgan fingerprint density at radius 2 is 2.20 bits per heavy atom. The first-order valence-electron chi connectivity index (χ1n) is 5.72. The average Bonchev–Trinajstić information content (AvgIpc) is 2.89. The molecule has 0 radical (unpaired) electrons. The Morgan fingerprint density at radius 3 is 2.80 bits per heavy atom. The zero-order valence-corrected chi connectivity index (χ0v) is 11.4. The number of aryl methyl sites for hydroxylation is 1. The Labute approximate surface area is 115 Å². The summed E-state index contributed by atoms with van der Waals surface area (Å²) < 4.78 is 26.5. The SMILES string of the molecule is Cc1ccc(S(=O)(=O)NCc2ncc[nH]2)cc1C(=O)O. The number of hydrogen-bond donors (Lipinski definition) is 3. The van der Waals surface area contributed by atoms with Crippen LogP contribution in [-0.4, -0.2) is 29.5 Å². The van der Waals surface area contributed by atoms with E-state index in [0.717, 1.165) is 6.07 Å². The molecule has 7 nitrogen and oxygen atoms in total. The standard InChI is InChI=1S/C12H13N3O4S/c1-8-2-3-9(6-10(8)12(16)17)20(18,19)15-7-11-13-4-5-14-11/h2-6,15H,7H2,1H3,(H,13,14)(H,16,17). The van der Waals surface area contributed by atoms with E-state index < -0.39 is 16.0 Å². The van der Waals surface area contributed by atoms with Gasteiger partial charge < -0.3 is 10.1 Å². The number of nitrogens with one attached hydrogen (secondary N) is 2. The summed E-state index contributed by atoms with van der Waals surface area (Å²) in [6.07, 6.45) is 3.09. The molecule has 1 aromatic heterocycles. The minimum absolute atomic E-state index is 0.00557. The van der Waals surface area contributed by atoms with Gasteiger partial charge in [0.2, 0.25) is 10.0 Å². The number of aromatic nitrogens is 2. The lowest BCUT2D eigenvalue weighted by Gasteiger charge is -2.07. The third-order valence-corrected chi connectivity index (χ3v) is 4.13. The van der Waals surface area contributed by atoms with Gasteiger partial charge in [-0.3, -0.25) is 0 Å². The Balaban J connectivity index is 2.25. The second kappa shape index (κ2) is 5.43. The van der Waals surface area contributed by atoms with E-state index in [1.807, 2.05) is 0 Å². The molecule has 1 heterocycles. The number of benzene rings is 1. The molecule has 0 aliphatic carbocycles. The Hall–Kier alpha value is -2.19. The van der Waals surface area contributed by atoms with Crippen LogP contribution in [0.3, 0.4) is 0 Å². The van der Waals surface area contributed by atoms with Gasteiger partial charge in [0, 0.05) is 12.4 Å². The van der Waals surface area contributed by atoms with E-state index >= 15 is 0 Å². The maximum absolute atomic E-state index is 12.1. The van der Waals surface area contributed by atoms with Crippen molar-refractivity contribution in [1.82, 2.24) is 14.7 Å². The number of H-pyrrole nitrogens is 1. The largest absolute Gasteiger partial charge is 0.478 e. The number of rotatable bonds is 5. The lowest BCUT2D eigenvalue weighted by molar-refractivity contribution is 0.0696. The summed E-state index contributed by atoms with van der Waals surface area (Å²) in [6, 6.07) is 3.97. The molecule has 0 spiro atoms. The summed E-state index contributed by atoms with van der Waals surface area (Å²) >= 11 is 0. The summed E-state index contributed by atoms with van der Waals surface area (Å²) in [5, 5.41) is 9.01. The maximum atomic E-state index is 12.1. The molecule has 0 aliphatic heterocycles. The van der Waals surface area contributed by atoms with Crippen molar-refractivity contribution in [2.24, 2.45) is 0 Å². The van der Waals surface area contributed by atoms with Gasteiger partial charge in [0.25, 0.3) is 0 Å². The molecule has 0 unspecified atom stereocenters. The number of aromatic carboxylic acids is 1. The predicted molar refractivity (Wildman–Crippen MR) is 70.8 cm³/mol. The van der Waals surface area contributed by atoms with Crippen molar-refractivity contribution in [2.75, 3.05) is 0 Å². The number of carboxylic acids is 1. The van der Waals surface area contributed by atoms with Gasteiger partial charge in [-0.15, -0.1) is 0 Å². The summed E-state index contributed by atoms with van der Waals surface area (Å²) in [7, 11) is -3.78. The molecule has 106 valence electrons. The van der Waals surface area contributed by atoms with Crippen molar-refractivity contribution in [3.63, 3.8) is 0 Å². The van der Waals surface area contributed by atoms with E-state index in [2.05, 4.69) is 14.7 Å². The molecule has 0 aliphatic rings. The highest BCUT2D eigenvalue weighted by Gasteiger charge is 2.17. The van der Waals surface area contributed by atoms with Crippen molar-refractivity contribution in [3.8, 4) is 0 Å². The smallest absolute Gasteiger partial charge is 0.335 e. The lowest BCUT2D eigenvalue weighted by atomic mass is 10.1. The topological polar surface area (TPSA) is 112 Å². The van der Waals surface area contributed by atoms with Crippen LogP contribution >= 0.6 is 0 Å². The van der Waals surface area contributed by atoms with Crippen LogP contribution in [0.25, 0.3) is 0 Å². The fourth-order valence-electron chi connectivity index (χ4n) is 1.64. The second-order valence-corrected chi connectivity index (χ2v) is 5.91. The van der Waals surface area contributed by atoms with Crippen LogP contribution in [-0.2, 0) is 16.6 Å². The average molecular weight is 295 g/mol. The molecule has 2 aromatic rings. The third kappa shape index (κ3) is 3.03. The molecule has 3 N–H and O–H groups in total. The molecule has 0 bridgehead atoms. The number of aromatic amines is 1. The van der Waals surface area contributed by atoms with Crippen molar-refractivity contribution in [3.05, 3.63) is 47.5 Å². The number of carboxylic acid groups (broad SMARTS) is 1. The van der Waals surface area contributed by atoms with Crippen LogP contribution in [0.5, 0.6) is 0 Å². The van der Waals surface area contributed by atoms with Crippen LogP contribution in [0.4, 0.5) is 0 Å². The van der Waals surface area contributed by atoms with Crippen LogP contribution in [0, 0.1) is 6.92 Å². The molecular formula is C12H13N3O4S. The molecule has 0 amide bonds.